The van der Waals surface area contributed by atoms with Gasteiger partial charge < -0.3 is 14.8 Å². The van der Waals surface area contributed by atoms with Gasteiger partial charge in [-0.3, -0.25) is 5.43 Å². The topological polar surface area (TPSA) is 85.6 Å². The number of carbonyl (C=O) groups is 1. The summed E-state index contributed by atoms with van der Waals surface area (Å²) in [6.07, 6.45) is 0. The van der Waals surface area contributed by atoms with Gasteiger partial charge in [0.1, 0.15) is 23.9 Å². The first kappa shape index (κ1) is 18.3. The van der Waals surface area contributed by atoms with E-state index >= 15 is 0 Å². The summed E-state index contributed by atoms with van der Waals surface area (Å²) in [5.41, 5.74) is 4.37. The molecule has 0 radical (unpaired) electrons. The summed E-state index contributed by atoms with van der Waals surface area (Å²) in [7, 11) is 0. The Kier molecular flexibility index (Phi) is 5.91. The number of urea groups is 1. The van der Waals surface area contributed by atoms with Gasteiger partial charge in [-0.2, -0.15) is 0 Å². The van der Waals surface area contributed by atoms with Gasteiger partial charge in [-0.15, -0.1) is 0 Å². The lowest BCUT2D eigenvalue weighted by Crippen LogP contribution is -2.34. The van der Waals surface area contributed by atoms with Gasteiger partial charge >= 0.3 is 6.03 Å². The van der Waals surface area contributed by atoms with E-state index in [2.05, 4.69) is 5.32 Å². The second-order valence-corrected chi connectivity index (χ2v) is 5.86. The fourth-order valence-corrected chi connectivity index (χ4v) is 2.59. The molecule has 0 unspecified atom stereocenters. The third-order valence-electron chi connectivity index (χ3n) is 3.91. The summed E-state index contributed by atoms with van der Waals surface area (Å²) in [6, 6.07) is 22.2. The zero-order chi connectivity index (χ0) is 19.1. The van der Waals surface area contributed by atoms with Crippen molar-refractivity contribution in [2.24, 2.45) is 5.84 Å². The quantitative estimate of drug-likeness (QED) is 0.345. The molecule has 6 nitrogen and oxygen atoms in total. The highest BCUT2D eigenvalue weighted by Crippen LogP contribution is 2.31. The van der Waals surface area contributed by atoms with Crippen LogP contribution >= 0.6 is 0 Å². The number of para-hydroxylation sites is 3. The molecule has 0 fully saturated rings. The van der Waals surface area contributed by atoms with Crippen LogP contribution in [0.3, 0.4) is 0 Å². The zero-order valence-corrected chi connectivity index (χ0v) is 14.9. The largest absolute Gasteiger partial charge is 0.486 e. The number of hydrogen-bond donors (Lipinski definition) is 3. The molecule has 0 aromatic heterocycles. The number of benzene rings is 3. The molecule has 138 valence electrons. The zero-order valence-electron chi connectivity index (χ0n) is 14.9. The predicted octanol–water partition coefficient (Wildman–Crippen LogP) is 4.36. The summed E-state index contributed by atoms with van der Waals surface area (Å²) in [6.45, 7) is 2.19. The van der Waals surface area contributed by atoms with Crippen molar-refractivity contribution in [1.82, 2.24) is 5.43 Å². The van der Waals surface area contributed by atoms with Crippen LogP contribution in [0.5, 0.6) is 17.2 Å². The van der Waals surface area contributed by atoms with E-state index in [1.807, 2.05) is 79.1 Å². The molecule has 0 aliphatic carbocycles. The van der Waals surface area contributed by atoms with E-state index in [0.717, 1.165) is 16.9 Å². The van der Waals surface area contributed by atoms with E-state index in [1.54, 1.807) is 6.07 Å². The number of aryl methyl sites for hydroxylation is 1. The first-order valence-electron chi connectivity index (χ1n) is 8.48. The Morgan fingerprint density at radius 1 is 0.963 bits per heavy atom. The van der Waals surface area contributed by atoms with Crippen LogP contribution in [-0.2, 0) is 6.61 Å². The van der Waals surface area contributed by atoms with Crippen LogP contribution in [0.4, 0.5) is 10.5 Å². The molecule has 4 N–H and O–H groups in total. The average Bonchev–Trinajstić information content (AvgIpc) is 2.69. The molecule has 3 aromatic carbocycles. The normalized spacial score (nSPS) is 10.1. The first-order valence-corrected chi connectivity index (χ1v) is 8.48. The summed E-state index contributed by atoms with van der Waals surface area (Å²) in [5, 5.41) is 2.66. The molecule has 6 heteroatoms. The van der Waals surface area contributed by atoms with Crippen LogP contribution in [0.2, 0.25) is 0 Å². The van der Waals surface area contributed by atoms with Crippen LogP contribution < -0.4 is 26.1 Å². The number of nitrogens with one attached hydrogen (secondary N) is 2. The molecule has 0 spiro atoms. The molecule has 2 amide bonds. The van der Waals surface area contributed by atoms with Crippen molar-refractivity contribution in [1.29, 1.82) is 0 Å². The Morgan fingerprint density at radius 2 is 1.70 bits per heavy atom. The molecule has 0 bridgehead atoms. The molecule has 0 heterocycles. The number of hydrogen-bond acceptors (Lipinski definition) is 4. The molecular weight excluding hydrogens is 342 g/mol. The molecule has 3 aromatic rings. The molecular formula is C21H21N3O3. The molecule has 3 rings (SSSR count). The molecule has 0 aliphatic heterocycles. The van der Waals surface area contributed by atoms with E-state index in [-0.39, 0.29) is 6.61 Å². The monoisotopic (exact) mass is 363 g/mol. The minimum Gasteiger partial charge on any atom is -0.486 e. The Bertz CT molecular complexity index is 914. The Balaban J connectivity index is 1.79. The SMILES string of the molecule is Cc1cccc(NC(=O)NN)c1OCc1ccccc1Oc1ccccc1. The second-order valence-electron chi connectivity index (χ2n) is 5.86. The minimum atomic E-state index is -0.515. The van der Waals surface area contributed by atoms with Crippen LogP contribution in [0.15, 0.2) is 72.8 Å². The molecule has 0 atom stereocenters. The van der Waals surface area contributed by atoms with Gasteiger partial charge in [0.25, 0.3) is 0 Å². The fraction of sp³-hybridized carbons (Fsp3) is 0.0952. The van der Waals surface area contributed by atoms with Gasteiger partial charge in [-0.25, -0.2) is 10.6 Å². The highest BCUT2D eigenvalue weighted by atomic mass is 16.5. The summed E-state index contributed by atoms with van der Waals surface area (Å²) >= 11 is 0. The van der Waals surface area contributed by atoms with Crippen LogP contribution in [0.1, 0.15) is 11.1 Å². The smallest absolute Gasteiger partial charge is 0.333 e. The third-order valence-corrected chi connectivity index (χ3v) is 3.91. The fourth-order valence-electron chi connectivity index (χ4n) is 2.59. The lowest BCUT2D eigenvalue weighted by Gasteiger charge is -2.16. The molecule has 27 heavy (non-hydrogen) atoms. The summed E-state index contributed by atoms with van der Waals surface area (Å²) in [4.78, 5) is 11.6. The van der Waals surface area contributed by atoms with Gasteiger partial charge in [0, 0.05) is 5.56 Å². The van der Waals surface area contributed by atoms with Crippen molar-refractivity contribution in [2.45, 2.75) is 13.5 Å². The van der Waals surface area contributed by atoms with Crippen molar-refractivity contribution in [2.75, 3.05) is 5.32 Å². The number of rotatable bonds is 6. The van der Waals surface area contributed by atoms with Crippen molar-refractivity contribution in [3.05, 3.63) is 83.9 Å². The lowest BCUT2D eigenvalue weighted by molar-refractivity contribution is 0.252. The van der Waals surface area contributed by atoms with Gasteiger partial charge in [0.15, 0.2) is 0 Å². The number of hydrazine groups is 1. The van der Waals surface area contributed by atoms with Gasteiger partial charge in [0.2, 0.25) is 0 Å². The lowest BCUT2D eigenvalue weighted by atomic mass is 10.2. The molecule has 0 aliphatic rings. The van der Waals surface area contributed by atoms with E-state index < -0.39 is 6.03 Å². The molecule has 0 saturated heterocycles. The van der Waals surface area contributed by atoms with Crippen LogP contribution in [0.25, 0.3) is 0 Å². The number of ether oxygens (including phenoxy) is 2. The second kappa shape index (κ2) is 8.73. The number of nitrogens with two attached hydrogens (primary N) is 1. The Morgan fingerprint density at radius 3 is 2.48 bits per heavy atom. The van der Waals surface area contributed by atoms with E-state index in [0.29, 0.717) is 17.2 Å². The van der Waals surface area contributed by atoms with Crippen molar-refractivity contribution >= 4 is 11.7 Å². The van der Waals surface area contributed by atoms with Crippen LogP contribution in [-0.4, -0.2) is 6.03 Å². The number of amides is 2. The number of anilines is 1. The first-order chi connectivity index (χ1) is 13.2. The predicted molar refractivity (Wildman–Crippen MR) is 105 cm³/mol. The van der Waals surface area contributed by atoms with Gasteiger partial charge in [0.05, 0.1) is 5.69 Å². The van der Waals surface area contributed by atoms with Gasteiger partial charge in [-0.1, -0.05) is 48.5 Å². The number of carbonyl (C=O) groups excluding carboxylic acids is 1. The Labute approximate surface area is 157 Å². The van der Waals surface area contributed by atoms with Crippen molar-refractivity contribution in [3.8, 4) is 17.2 Å². The van der Waals surface area contributed by atoms with Crippen molar-refractivity contribution < 1.29 is 14.3 Å². The maximum atomic E-state index is 11.6. The maximum absolute atomic E-state index is 11.6. The summed E-state index contributed by atoms with van der Waals surface area (Å²) < 4.78 is 12.0. The molecule has 0 saturated carbocycles. The van der Waals surface area contributed by atoms with Gasteiger partial charge in [-0.05, 0) is 36.8 Å². The third kappa shape index (κ3) is 4.77. The Hall–Kier alpha value is -3.51. The van der Waals surface area contributed by atoms with Crippen LogP contribution in [0, 0.1) is 6.92 Å². The van der Waals surface area contributed by atoms with E-state index in [9.17, 15) is 4.79 Å². The van der Waals surface area contributed by atoms with E-state index in [1.165, 1.54) is 0 Å². The maximum Gasteiger partial charge on any atom is 0.333 e. The standard InChI is InChI=1S/C21H21N3O3/c1-15-8-7-12-18(23-21(25)24-22)20(15)26-14-16-9-5-6-13-19(16)27-17-10-3-2-4-11-17/h2-13H,14,22H2,1H3,(H2,23,24,25). The minimum absolute atomic E-state index is 0.285. The highest BCUT2D eigenvalue weighted by molar-refractivity contribution is 5.90. The summed E-state index contributed by atoms with van der Waals surface area (Å²) in [5.74, 6) is 7.19. The van der Waals surface area contributed by atoms with E-state index in [4.69, 9.17) is 15.3 Å². The highest BCUT2D eigenvalue weighted by Gasteiger charge is 2.12. The van der Waals surface area contributed by atoms with Crippen molar-refractivity contribution in [3.63, 3.8) is 0 Å². The average molecular weight is 363 g/mol.